The van der Waals surface area contributed by atoms with Crippen molar-refractivity contribution in [3.8, 4) is 5.75 Å². The lowest BCUT2D eigenvalue weighted by Crippen LogP contribution is -2.08. The largest absolute Gasteiger partial charge is 0.486 e. The third kappa shape index (κ3) is 3.58. The number of ether oxygens (including phenoxy) is 1. The fourth-order valence-electron chi connectivity index (χ4n) is 3.05. The van der Waals surface area contributed by atoms with Crippen molar-refractivity contribution in [2.45, 2.75) is 20.1 Å². The number of benzene rings is 3. The minimum atomic E-state index is 0.405. The summed E-state index contributed by atoms with van der Waals surface area (Å²) in [4.78, 5) is 4.77. The van der Waals surface area contributed by atoms with Crippen LogP contribution in [-0.2, 0) is 13.2 Å². The van der Waals surface area contributed by atoms with Gasteiger partial charge in [-0.15, -0.1) is 0 Å². The zero-order valence-corrected chi connectivity index (χ0v) is 15.3. The van der Waals surface area contributed by atoms with Crippen molar-refractivity contribution < 1.29 is 4.74 Å². The first-order chi connectivity index (χ1) is 12.7. The van der Waals surface area contributed by atoms with Crippen LogP contribution in [0.3, 0.4) is 0 Å². The second-order valence-electron chi connectivity index (χ2n) is 6.34. The molecule has 130 valence electrons. The van der Waals surface area contributed by atoms with Crippen LogP contribution in [-0.4, -0.2) is 9.55 Å². The van der Waals surface area contributed by atoms with E-state index in [1.165, 1.54) is 11.1 Å². The van der Waals surface area contributed by atoms with Crippen LogP contribution in [0.15, 0.2) is 72.8 Å². The molecule has 0 N–H and O–H groups in total. The summed E-state index contributed by atoms with van der Waals surface area (Å²) >= 11 is 6.22. The first-order valence-electron chi connectivity index (χ1n) is 8.57. The van der Waals surface area contributed by atoms with Gasteiger partial charge in [-0.1, -0.05) is 54.1 Å². The molecule has 0 saturated carbocycles. The van der Waals surface area contributed by atoms with Crippen LogP contribution in [0.1, 0.15) is 17.0 Å². The predicted octanol–water partition coefficient (Wildman–Crippen LogP) is 5.63. The topological polar surface area (TPSA) is 27.1 Å². The molecule has 1 heterocycles. The van der Waals surface area contributed by atoms with Crippen molar-refractivity contribution >= 4 is 22.6 Å². The van der Waals surface area contributed by atoms with Crippen LogP contribution in [0.5, 0.6) is 5.75 Å². The molecule has 3 nitrogen and oxygen atoms in total. The van der Waals surface area contributed by atoms with E-state index >= 15 is 0 Å². The van der Waals surface area contributed by atoms with Crippen molar-refractivity contribution in [1.29, 1.82) is 0 Å². The first kappa shape index (κ1) is 16.7. The number of aromatic nitrogens is 2. The van der Waals surface area contributed by atoms with Crippen molar-refractivity contribution in [1.82, 2.24) is 9.55 Å². The van der Waals surface area contributed by atoms with Gasteiger partial charge >= 0.3 is 0 Å². The second-order valence-corrected chi connectivity index (χ2v) is 6.77. The molecule has 0 aliphatic carbocycles. The van der Waals surface area contributed by atoms with E-state index in [0.717, 1.165) is 29.2 Å². The average molecular weight is 363 g/mol. The molecule has 4 heteroatoms. The summed E-state index contributed by atoms with van der Waals surface area (Å²) in [5, 5.41) is 0.706. The van der Waals surface area contributed by atoms with Gasteiger partial charge in [-0.05, 0) is 48.4 Å². The van der Waals surface area contributed by atoms with E-state index < -0.39 is 0 Å². The lowest BCUT2D eigenvalue weighted by atomic mass is 10.2. The SMILES string of the molecule is Cc1cccc(OCc2nc3ccc(Cl)cc3n2Cc2ccccc2)c1. The molecule has 4 aromatic rings. The predicted molar refractivity (Wildman–Crippen MR) is 106 cm³/mol. The third-order valence-electron chi connectivity index (χ3n) is 4.33. The molecule has 0 unspecified atom stereocenters. The lowest BCUT2D eigenvalue weighted by molar-refractivity contribution is 0.291. The van der Waals surface area contributed by atoms with E-state index in [1.54, 1.807) is 0 Å². The number of fused-ring (bicyclic) bond motifs is 1. The first-order valence-corrected chi connectivity index (χ1v) is 8.95. The van der Waals surface area contributed by atoms with Crippen LogP contribution in [0.4, 0.5) is 0 Å². The minimum Gasteiger partial charge on any atom is -0.486 e. The van der Waals surface area contributed by atoms with Gasteiger partial charge in [0.15, 0.2) is 0 Å². The Hall–Kier alpha value is -2.78. The smallest absolute Gasteiger partial charge is 0.148 e. The Labute approximate surface area is 157 Å². The Morgan fingerprint density at radius 2 is 1.81 bits per heavy atom. The third-order valence-corrected chi connectivity index (χ3v) is 4.57. The summed E-state index contributed by atoms with van der Waals surface area (Å²) in [5.41, 5.74) is 4.33. The highest BCUT2D eigenvalue weighted by molar-refractivity contribution is 6.31. The number of aryl methyl sites for hydroxylation is 1. The molecule has 0 fully saturated rings. The van der Waals surface area contributed by atoms with Crippen molar-refractivity contribution in [2.24, 2.45) is 0 Å². The number of halogens is 1. The Morgan fingerprint density at radius 3 is 2.62 bits per heavy atom. The summed E-state index contributed by atoms with van der Waals surface area (Å²) in [6, 6.07) is 24.2. The zero-order chi connectivity index (χ0) is 17.9. The van der Waals surface area contributed by atoms with E-state index in [9.17, 15) is 0 Å². The lowest BCUT2D eigenvalue weighted by Gasteiger charge is -2.11. The molecule has 1 aromatic heterocycles. The quantitative estimate of drug-likeness (QED) is 0.460. The van der Waals surface area contributed by atoms with Gasteiger partial charge in [0.25, 0.3) is 0 Å². The Balaban J connectivity index is 1.69. The number of hydrogen-bond donors (Lipinski definition) is 0. The van der Waals surface area contributed by atoms with Crippen molar-refractivity contribution in [3.63, 3.8) is 0 Å². The second kappa shape index (κ2) is 7.22. The van der Waals surface area contributed by atoms with Crippen LogP contribution in [0.2, 0.25) is 5.02 Å². The number of imidazole rings is 1. The number of rotatable bonds is 5. The van der Waals surface area contributed by atoms with Crippen LogP contribution in [0.25, 0.3) is 11.0 Å². The Kier molecular flexibility index (Phi) is 4.63. The van der Waals surface area contributed by atoms with Crippen LogP contribution >= 0.6 is 11.6 Å². The van der Waals surface area contributed by atoms with Crippen molar-refractivity contribution in [2.75, 3.05) is 0 Å². The van der Waals surface area contributed by atoms with E-state index in [0.29, 0.717) is 11.6 Å². The molecule has 3 aromatic carbocycles. The summed E-state index contributed by atoms with van der Waals surface area (Å²) in [6.07, 6.45) is 0. The summed E-state index contributed by atoms with van der Waals surface area (Å²) in [6.45, 7) is 3.19. The van der Waals surface area contributed by atoms with Gasteiger partial charge in [-0.2, -0.15) is 0 Å². The molecule has 0 bridgehead atoms. The molecular formula is C22H19ClN2O. The highest BCUT2D eigenvalue weighted by Crippen LogP contribution is 2.23. The Morgan fingerprint density at radius 1 is 0.962 bits per heavy atom. The van der Waals surface area contributed by atoms with Gasteiger partial charge in [-0.3, -0.25) is 0 Å². The standard InChI is InChI=1S/C22H19ClN2O/c1-16-6-5-9-19(12-16)26-15-22-24-20-11-10-18(23)13-21(20)25(22)14-17-7-3-2-4-8-17/h2-13H,14-15H2,1H3. The van der Waals surface area contributed by atoms with Crippen LogP contribution in [0, 0.1) is 6.92 Å². The molecule has 0 atom stereocenters. The normalized spacial score (nSPS) is 11.0. The molecule has 0 aliphatic heterocycles. The maximum absolute atomic E-state index is 6.22. The summed E-state index contributed by atoms with van der Waals surface area (Å²) in [5.74, 6) is 1.73. The zero-order valence-electron chi connectivity index (χ0n) is 14.5. The molecule has 0 amide bonds. The summed E-state index contributed by atoms with van der Waals surface area (Å²) < 4.78 is 8.17. The molecule has 26 heavy (non-hydrogen) atoms. The number of hydrogen-bond acceptors (Lipinski definition) is 2. The van der Waals surface area contributed by atoms with Gasteiger partial charge in [0.2, 0.25) is 0 Å². The highest BCUT2D eigenvalue weighted by atomic mass is 35.5. The monoisotopic (exact) mass is 362 g/mol. The Bertz CT molecular complexity index is 1040. The fourth-order valence-corrected chi connectivity index (χ4v) is 3.22. The molecule has 0 radical (unpaired) electrons. The maximum Gasteiger partial charge on any atom is 0.148 e. The molecule has 4 rings (SSSR count). The van der Waals surface area contributed by atoms with E-state index in [1.807, 2.05) is 54.6 Å². The molecule has 0 spiro atoms. The van der Waals surface area contributed by atoms with E-state index in [4.69, 9.17) is 21.3 Å². The van der Waals surface area contributed by atoms with Gasteiger partial charge in [0.05, 0.1) is 11.0 Å². The van der Waals surface area contributed by atoms with Gasteiger partial charge in [0, 0.05) is 11.6 Å². The van der Waals surface area contributed by atoms with Gasteiger partial charge in [0.1, 0.15) is 18.2 Å². The average Bonchev–Trinajstić information content (AvgIpc) is 2.98. The van der Waals surface area contributed by atoms with Crippen molar-refractivity contribution in [3.05, 3.63) is 94.8 Å². The van der Waals surface area contributed by atoms with E-state index in [2.05, 4.69) is 29.7 Å². The maximum atomic E-state index is 6.22. The minimum absolute atomic E-state index is 0.405. The summed E-state index contributed by atoms with van der Waals surface area (Å²) in [7, 11) is 0. The highest BCUT2D eigenvalue weighted by Gasteiger charge is 2.12. The van der Waals surface area contributed by atoms with E-state index in [-0.39, 0.29) is 0 Å². The fraction of sp³-hybridized carbons (Fsp3) is 0.136. The molecular weight excluding hydrogens is 344 g/mol. The van der Waals surface area contributed by atoms with Gasteiger partial charge in [-0.25, -0.2) is 4.98 Å². The van der Waals surface area contributed by atoms with Gasteiger partial charge < -0.3 is 9.30 Å². The molecule has 0 aliphatic rings. The molecule has 0 saturated heterocycles. The number of nitrogens with zero attached hydrogens (tertiary/aromatic N) is 2. The van der Waals surface area contributed by atoms with Crippen LogP contribution < -0.4 is 4.74 Å².